The second kappa shape index (κ2) is 8.77. The molecule has 2 aliphatic heterocycles. The van der Waals surface area contributed by atoms with E-state index < -0.39 is 0 Å². The number of carbonyl (C=O) groups is 1. The number of hydrogen-bond acceptors (Lipinski definition) is 3. The Morgan fingerprint density at radius 2 is 1.85 bits per heavy atom. The Labute approximate surface area is 167 Å². The summed E-state index contributed by atoms with van der Waals surface area (Å²) in [5, 5.41) is 3.50. The number of halogens is 1. The third kappa shape index (κ3) is 3.83. The molecule has 3 atom stereocenters. The number of ether oxygens (including phenoxy) is 1. The van der Waals surface area contributed by atoms with Crippen molar-refractivity contribution in [1.82, 2.24) is 10.2 Å². The first kappa shape index (κ1) is 19.7. The highest BCUT2D eigenvalue weighted by Gasteiger charge is 2.47. The summed E-state index contributed by atoms with van der Waals surface area (Å²) >= 11 is 0. The molecule has 0 unspecified atom stereocenters. The van der Waals surface area contributed by atoms with Crippen LogP contribution in [0.15, 0.2) is 54.6 Å². The van der Waals surface area contributed by atoms with Gasteiger partial charge < -0.3 is 15.0 Å². The number of nitrogens with zero attached hydrogens (tertiary/aromatic N) is 1. The van der Waals surface area contributed by atoms with Gasteiger partial charge in [0.05, 0.1) is 18.2 Å². The fraction of sp³-hybridized carbons (Fsp3) is 0.409. The predicted molar refractivity (Wildman–Crippen MR) is 110 cm³/mol. The number of para-hydroxylation sites is 1. The van der Waals surface area contributed by atoms with Crippen LogP contribution in [0.1, 0.15) is 35.3 Å². The molecule has 2 aromatic rings. The van der Waals surface area contributed by atoms with Crippen LogP contribution in [0.3, 0.4) is 0 Å². The number of likely N-dealkylation sites (tertiary alicyclic amines) is 1. The van der Waals surface area contributed by atoms with Gasteiger partial charge in [0.25, 0.3) is 5.91 Å². The van der Waals surface area contributed by atoms with Gasteiger partial charge in [0.15, 0.2) is 0 Å². The number of nitrogens with one attached hydrogen (secondary N) is 1. The SMILES string of the molecule is CCCOc1ccccc1C(=O)N1C[C@@H]2CNC[C@@H]2[C@H]1c1ccccc1.Cl. The summed E-state index contributed by atoms with van der Waals surface area (Å²) in [6, 6.07) is 18.2. The van der Waals surface area contributed by atoms with Gasteiger partial charge in [-0.2, -0.15) is 0 Å². The number of carbonyl (C=O) groups excluding carboxylic acids is 1. The normalized spacial score (nSPS) is 23.6. The molecule has 2 aliphatic rings. The maximum absolute atomic E-state index is 13.5. The molecule has 0 saturated carbocycles. The Balaban J connectivity index is 0.00000210. The highest BCUT2D eigenvalue weighted by Crippen LogP contribution is 2.43. The molecule has 0 radical (unpaired) electrons. The maximum Gasteiger partial charge on any atom is 0.258 e. The Kier molecular flexibility index (Phi) is 6.40. The van der Waals surface area contributed by atoms with E-state index in [0.29, 0.717) is 29.8 Å². The van der Waals surface area contributed by atoms with E-state index in [4.69, 9.17) is 4.74 Å². The third-order valence-electron chi connectivity index (χ3n) is 5.55. The van der Waals surface area contributed by atoms with Crippen molar-refractivity contribution >= 4 is 18.3 Å². The molecular weight excluding hydrogens is 360 g/mol. The van der Waals surface area contributed by atoms with Crippen molar-refractivity contribution in [1.29, 1.82) is 0 Å². The molecule has 4 rings (SSSR count). The minimum absolute atomic E-state index is 0. The molecule has 0 spiro atoms. The standard InChI is InChI=1S/C22H26N2O2.ClH/c1-2-12-26-20-11-7-6-10-18(20)22(25)24-15-17-13-23-14-19(17)21(24)16-8-4-3-5-9-16;/h3-11,17,19,21,23H,2,12-15H2,1H3;1H/t17-,19-,21+;/m0./s1. The van der Waals surface area contributed by atoms with Gasteiger partial charge in [0.1, 0.15) is 5.75 Å². The van der Waals surface area contributed by atoms with Crippen LogP contribution in [-0.4, -0.2) is 37.0 Å². The molecule has 2 heterocycles. The Morgan fingerprint density at radius 1 is 1.11 bits per heavy atom. The van der Waals surface area contributed by atoms with E-state index in [1.54, 1.807) is 0 Å². The number of benzene rings is 2. The van der Waals surface area contributed by atoms with Gasteiger partial charge in [-0.1, -0.05) is 49.4 Å². The molecule has 144 valence electrons. The van der Waals surface area contributed by atoms with E-state index in [-0.39, 0.29) is 24.4 Å². The van der Waals surface area contributed by atoms with Gasteiger partial charge in [-0.3, -0.25) is 4.79 Å². The third-order valence-corrected chi connectivity index (χ3v) is 5.55. The van der Waals surface area contributed by atoms with Gasteiger partial charge in [-0.15, -0.1) is 12.4 Å². The van der Waals surface area contributed by atoms with E-state index in [1.807, 2.05) is 30.3 Å². The largest absolute Gasteiger partial charge is 0.493 e. The second-order valence-electron chi connectivity index (χ2n) is 7.24. The lowest BCUT2D eigenvalue weighted by Gasteiger charge is -2.29. The molecule has 4 nitrogen and oxygen atoms in total. The molecule has 1 amide bonds. The lowest BCUT2D eigenvalue weighted by molar-refractivity contribution is 0.0709. The zero-order valence-electron chi connectivity index (χ0n) is 15.6. The van der Waals surface area contributed by atoms with Crippen LogP contribution in [0.5, 0.6) is 5.75 Å². The van der Waals surface area contributed by atoms with Crippen LogP contribution in [0.2, 0.25) is 0 Å². The summed E-state index contributed by atoms with van der Waals surface area (Å²) in [5.41, 5.74) is 1.90. The smallest absolute Gasteiger partial charge is 0.258 e. The molecule has 0 bridgehead atoms. The Hall–Kier alpha value is -2.04. The topological polar surface area (TPSA) is 41.6 Å². The number of amides is 1. The van der Waals surface area contributed by atoms with Crippen molar-refractivity contribution in [2.75, 3.05) is 26.2 Å². The lowest BCUT2D eigenvalue weighted by atomic mass is 9.89. The molecule has 5 heteroatoms. The van der Waals surface area contributed by atoms with Crippen molar-refractivity contribution < 1.29 is 9.53 Å². The van der Waals surface area contributed by atoms with Gasteiger partial charge in [-0.25, -0.2) is 0 Å². The van der Waals surface area contributed by atoms with Gasteiger partial charge >= 0.3 is 0 Å². The van der Waals surface area contributed by atoms with Crippen molar-refractivity contribution in [2.45, 2.75) is 19.4 Å². The summed E-state index contributed by atoms with van der Waals surface area (Å²) in [6.07, 6.45) is 0.925. The maximum atomic E-state index is 13.5. The summed E-state index contributed by atoms with van der Waals surface area (Å²) in [5.74, 6) is 1.78. The Bertz CT molecular complexity index is 768. The van der Waals surface area contributed by atoms with Crippen LogP contribution in [-0.2, 0) is 0 Å². The number of fused-ring (bicyclic) bond motifs is 1. The van der Waals surface area contributed by atoms with E-state index in [9.17, 15) is 4.79 Å². The monoisotopic (exact) mass is 386 g/mol. The van der Waals surface area contributed by atoms with Crippen molar-refractivity contribution in [3.63, 3.8) is 0 Å². The zero-order chi connectivity index (χ0) is 17.9. The van der Waals surface area contributed by atoms with Crippen LogP contribution in [0, 0.1) is 11.8 Å². The van der Waals surface area contributed by atoms with Gasteiger partial charge in [-0.05, 0) is 30.0 Å². The van der Waals surface area contributed by atoms with Crippen molar-refractivity contribution in [3.05, 3.63) is 65.7 Å². The summed E-state index contributed by atoms with van der Waals surface area (Å²) in [6.45, 7) is 5.47. The highest BCUT2D eigenvalue weighted by atomic mass is 35.5. The fourth-order valence-electron chi connectivity index (χ4n) is 4.34. The molecule has 1 N–H and O–H groups in total. The predicted octanol–water partition coefficient (Wildman–Crippen LogP) is 3.93. The lowest BCUT2D eigenvalue weighted by Crippen LogP contribution is -2.35. The molecule has 27 heavy (non-hydrogen) atoms. The number of hydrogen-bond donors (Lipinski definition) is 1. The van der Waals surface area contributed by atoms with E-state index in [1.165, 1.54) is 5.56 Å². The average molecular weight is 387 g/mol. The van der Waals surface area contributed by atoms with Crippen LogP contribution < -0.4 is 10.1 Å². The quantitative estimate of drug-likeness (QED) is 0.846. The van der Waals surface area contributed by atoms with Gasteiger partial charge in [0, 0.05) is 25.6 Å². The van der Waals surface area contributed by atoms with E-state index >= 15 is 0 Å². The minimum atomic E-state index is 0. The van der Waals surface area contributed by atoms with Crippen LogP contribution >= 0.6 is 12.4 Å². The van der Waals surface area contributed by atoms with E-state index in [0.717, 1.165) is 26.1 Å². The average Bonchev–Trinajstić information content (AvgIpc) is 3.28. The first-order valence-electron chi connectivity index (χ1n) is 9.58. The molecule has 2 saturated heterocycles. The highest BCUT2D eigenvalue weighted by molar-refractivity contribution is 5.97. The number of rotatable bonds is 5. The minimum Gasteiger partial charge on any atom is -0.493 e. The molecular formula is C22H27ClN2O2. The van der Waals surface area contributed by atoms with Crippen molar-refractivity contribution in [3.8, 4) is 5.75 Å². The molecule has 2 fully saturated rings. The fourth-order valence-corrected chi connectivity index (χ4v) is 4.34. The first-order valence-corrected chi connectivity index (χ1v) is 9.58. The first-order chi connectivity index (χ1) is 12.8. The van der Waals surface area contributed by atoms with Crippen LogP contribution in [0.4, 0.5) is 0 Å². The second-order valence-corrected chi connectivity index (χ2v) is 7.24. The Morgan fingerprint density at radius 3 is 2.63 bits per heavy atom. The summed E-state index contributed by atoms with van der Waals surface area (Å²) in [7, 11) is 0. The van der Waals surface area contributed by atoms with Crippen molar-refractivity contribution in [2.24, 2.45) is 11.8 Å². The molecule has 0 aliphatic carbocycles. The van der Waals surface area contributed by atoms with Crippen LogP contribution in [0.25, 0.3) is 0 Å². The zero-order valence-corrected chi connectivity index (χ0v) is 16.5. The summed E-state index contributed by atoms with van der Waals surface area (Å²) < 4.78 is 5.84. The molecule has 0 aromatic heterocycles. The molecule has 2 aromatic carbocycles. The summed E-state index contributed by atoms with van der Waals surface area (Å²) in [4.78, 5) is 15.5. The van der Waals surface area contributed by atoms with Gasteiger partial charge in [0.2, 0.25) is 0 Å². The van der Waals surface area contributed by atoms with E-state index in [2.05, 4.69) is 41.4 Å².